The molecule has 0 aliphatic carbocycles. The summed E-state index contributed by atoms with van der Waals surface area (Å²) in [4.78, 5) is 14.7. The maximum Gasteiger partial charge on any atom is 0.253 e. The molecule has 28 heavy (non-hydrogen) atoms. The molecule has 0 radical (unpaired) electrons. The molecule has 2 heterocycles. The first-order valence-electron chi connectivity index (χ1n) is 9.53. The van der Waals surface area contributed by atoms with E-state index in [1.165, 1.54) is 12.1 Å². The largest absolute Gasteiger partial charge is 0.389 e. The van der Waals surface area contributed by atoms with Crippen molar-refractivity contribution < 1.29 is 14.3 Å². The van der Waals surface area contributed by atoms with E-state index in [1.807, 2.05) is 23.1 Å². The van der Waals surface area contributed by atoms with Crippen LogP contribution in [0.25, 0.3) is 11.1 Å². The number of hydrogen-bond donors (Lipinski definition) is 2. The normalized spacial score (nSPS) is 24.3. The van der Waals surface area contributed by atoms with Gasteiger partial charge in [0.15, 0.2) is 0 Å². The second-order valence-electron chi connectivity index (χ2n) is 7.64. The first-order valence-corrected chi connectivity index (χ1v) is 9.53. The molecular formula is C22H22FN3O2. The van der Waals surface area contributed by atoms with Crippen molar-refractivity contribution in [2.45, 2.75) is 18.4 Å². The molecule has 2 atom stereocenters. The summed E-state index contributed by atoms with van der Waals surface area (Å²) in [5.41, 5.74) is 1.47. The quantitative estimate of drug-likeness (QED) is 0.841. The molecule has 2 aromatic carbocycles. The molecule has 4 rings (SSSR count). The van der Waals surface area contributed by atoms with Crippen molar-refractivity contribution >= 4 is 5.91 Å². The predicted molar refractivity (Wildman–Crippen MR) is 103 cm³/mol. The molecule has 2 saturated heterocycles. The van der Waals surface area contributed by atoms with Gasteiger partial charge in [-0.3, -0.25) is 4.79 Å². The molecule has 144 valence electrons. The van der Waals surface area contributed by atoms with Crippen LogP contribution < -0.4 is 5.32 Å². The molecule has 0 spiro atoms. The van der Waals surface area contributed by atoms with E-state index in [-0.39, 0.29) is 17.4 Å². The molecule has 6 heteroatoms. The Morgan fingerprint density at radius 1 is 1.21 bits per heavy atom. The monoisotopic (exact) mass is 379 g/mol. The van der Waals surface area contributed by atoms with Gasteiger partial charge in [0, 0.05) is 31.1 Å². The minimum Gasteiger partial charge on any atom is -0.389 e. The summed E-state index contributed by atoms with van der Waals surface area (Å²) >= 11 is 0. The van der Waals surface area contributed by atoms with Crippen molar-refractivity contribution in [1.29, 1.82) is 5.26 Å². The van der Waals surface area contributed by atoms with Crippen molar-refractivity contribution in [3.8, 4) is 17.2 Å². The number of nitrogens with one attached hydrogen (secondary N) is 1. The minimum absolute atomic E-state index is 0.000419. The first kappa shape index (κ1) is 18.6. The van der Waals surface area contributed by atoms with Crippen molar-refractivity contribution in [3.63, 3.8) is 0 Å². The van der Waals surface area contributed by atoms with Gasteiger partial charge in [0.25, 0.3) is 5.91 Å². The standard InChI is InChI=1S/C22H22FN3O2/c23-20-6-5-17(11-18(20)12-24)15-1-3-16(4-2-15)21(27)26-10-8-22(28)7-9-25-13-19(22)14-26/h1-6,11,19,25,28H,7-10,13-14H2/t19-,22-/m0/s1. The fourth-order valence-corrected chi connectivity index (χ4v) is 4.19. The second kappa shape index (κ2) is 7.34. The van der Waals surface area contributed by atoms with Crippen LogP contribution in [0.3, 0.4) is 0 Å². The SMILES string of the molecule is N#Cc1cc(-c2ccc(C(=O)N3CC[C@@]4(O)CCNC[C@H]4C3)cc2)ccc1F. The number of nitrogens with zero attached hydrogens (tertiary/aromatic N) is 2. The van der Waals surface area contributed by atoms with Crippen LogP contribution >= 0.6 is 0 Å². The highest BCUT2D eigenvalue weighted by Crippen LogP contribution is 2.33. The smallest absolute Gasteiger partial charge is 0.253 e. The molecule has 2 aliphatic heterocycles. The minimum atomic E-state index is -0.660. The third-order valence-electron chi connectivity index (χ3n) is 5.98. The third kappa shape index (κ3) is 3.39. The van der Waals surface area contributed by atoms with Gasteiger partial charge in [-0.05, 0) is 54.8 Å². The van der Waals surface area contributed by atoms with Crippen LogP contribution in [0, 0.1) is 23.1 Å². The van der Waals surface area contributed by atoms with Crippen LogP contribution in [0.1, 0.15) is 28.8 Å². The number of benzene rings is 2. The molecule has 0 aromatic heterocycles. The number of aliphatic hydroxyl groups is 1. The molecule has 1 amide bonds. The van der Waals surface area contributed by atoms with E-state index >= 15 is 0 Å². The summed E-state index contributed by atoms with van der Waals surface area (Å²) in [5.74, 6) is -0.529. The van der Waals surface area contributed by atoms with Gasteiger partial charge in [-0.2, -0.15) is 5.26 Å². The fraction of sp³-hybridized carbons (Fsp3) is 0.364. The Hall–Kier alpha value is -2.75. The lowest BCUT2D eigenvalue weighted by Crippen LogP contribution is -2.59. The molecule has 2 fully saturated rings. The van der Waals surface area contributed by atoms with Gasteiger partial charge in [0.05, 0.1) is 11.2 Å². The van der Waals surface area contributed by atoms with E-state index in [9.17, 15) is 14.3 Å². The lowest BCUT2D eigenvalue weighted by molar-refractivity contribution is -0.0817. The molecule has 0 saturated carbocycles. The average molecular weight is 379 g/mol. The summed E-state index contributed by atoms with van der Waals surface area (Å²) in [6.45, 7) is 2.65. The maximum absolute atomic E-state index is 13.5. The lowest BCUT2D eigenvalue weighted by Gasteiger charge is -2.47. The lowest BCUT2D eigenvalue weighted by atomic mass is 9.76. The van der Waals surface area contributed by atoms with Crippen LogP contribution in [0.15, 0.2) is 42.5 Å². The Morgan fingerprint density at radius 3 is 2.71 bits per heavy atom. The zero-order chi connectivity index (χ0) is 19.7. The molecular weight excluding hydrogens is 357 g/mol. The number of fused-ring (bicyclic) bond motifs is 1. The second-order valence-corrected chi connectivity index (χ2v) is 7.64. The van der Waals surface area contributed by atoms with Crippen molar-refractivity contribution in [2.75, 3.05) is 26.2 Å². The highest BCUT2D eigenvalue weighted by Gasteiger charge is 2.43. The van der Waals surface area contributed by atoms with Gasteiger partial charge < -0.3 is 15.3 Å². The van der Waals surface area contributed by atoms with Gasteiger partial charge in [0.2, 0.25) is 0 Å². The van der Waals surface area contributed by atoms with Crippen LogP contribution in [0.4, 0.5) is 4.39 Å². The maximum atomic E-state index is 13.5. The number of piperidine rings is 2. The number of rotatable bonds is 2. The van der Waals surface area contributed by atoms with Crippen LogP contribution in [0.2, 0.25) is 0 Å². The number of halogens is 1. The van der Waals surface area contributed by atoms with E-state index in [1.54, 1.807) is 18.2 Å². The fourth-order valence-electron chi connectivity index (χ4n) is 4.19. The summed E-state index contributed by atoms with van der Waals surface area (Å²) < 4.78 is 13.5. The highest BCUT2D eigenvalue weighted by molar-refractivity contribution is 5.94. The van der Waals surface area contributed by atoms with Crippen LogP contribution in [0.5, 0.6) is 0 Å². The number of amides is 1. The van der Waals surface area contributed by atoms with Crippen LogP contribution in [-0.4, -0.2) is 47.7 Å². The van der Waals surface area contributed by atoms with E-state index in [0.717, 1.165) is 30.6 Å². The number of nitriles is 1. The van der Waals surface area contributed by atoms with Gasteiger partial charge in [0.1, 0.15) is 11.9 Å². The van der Waals surface area contributed by atoms with Gasteiger partial charge >= 0.3 is 0 Å². The van der Waals surface area contributed by atoms with E-state index in [2.05, 4.69) is 5.32 Å². The van der Waals surface area contributed by atoms with Crippen molar-refractivity contribution in [3.05, 3.63) is 59.4 Å². The predicted octanol–water partition coefficient (Wildman–Crippen LogP) is 2.55. The number of carbonyl (C=O) groups excluding carboxylic acids is 1. The Bertz CT molecular complexity index is 938. The Kier molecular flexibility index (Phi) is 4.88. The third-order valence-corrected chi connectivity index (χ3v) is 5.98. The molecule has 5 nitrogen and oxygen atoms in total. The van der Waals surface area contributed by atoms with E-state index in [4.69, 9.17) is 5.26 Å². The Morgan fingerprint density at radius 2 is 1.96 bits per heavy atom. The summed E-state index contributed by atoms with van der Waals surface area (Å²) in [7, 11) is 0. The van der Waals surface area contributed by atoms with E-state index in [0.29, 0.717) is 25.1 Å². The zero-order valence-corrected chi connectivity index (χ0v) is 15.5. The summed E-state index contributed by atoms with van der Waals surface area (Å²) in [5, 5.41) is 23.0. The van der Waals surface area contributed by atoms with Gasteiger partial charge in [-0.1, -0.05) is 18.2 Å². The Balaban J connectivity index is 1.50. The number of carbonyl (C=O) groups is 1. The van der Waals surface area contributed by atoms with Crippen molar-refractivity contribution in [2.24, 2.45) is 5.92 Å². The molecule has 2 aromatic rings. The average Bonchev–Trinajstić information content (AvgIpc) is 2.73. The zero-order valence-electron chi connectivity index (χ0n) is 15.5. The Labute approximate surface area is 163 Å². The summed E-state index contributed by atoms with van der Waals surface area (Å²) in [6, 6.07) is 13.4. The van der Waals surface area contributed by atoms with E-state index < -0.39 is 11.4 Å². The summed E-state index contributed by atoms with van der Waals surface area (Å²) in [6.07, 6.45) is 1.34. The number of likely N-dealkylation sites (tertiary alicyclic amines) is 1. The molecule has 2 N–H and O–H groups in total. The molecule has 0 unspecified atom stereocenters. The van der Waals surface area contributed by atoms with Crippen molar-refractivity contribution in [1.82, 2.24) is 10.2 Å². The molecule has 2 aliphatic rings. The van der Waals surface area contributed by atoms with Gasteiger partial charge in [-0.25, -0.2) is 4.39 Å². The topological polar surface area (TPSA) is 76.4 Å². The molecule has 0 bridgehead atoms. The first-order chi connectivity index (χ1) is 13.5. The van der Waals surface area contributed by atoms with Crippen LogP contribution in [-0.2, 0) is 0 Å². The van der Waals surface area contributed by atoms with Gasteiger partial charge in [-0.15, -0.1) is 0 Å². The number of hydrogen-bond acceptors (Lipinski definition) is 4. The highest BCUT2D eigenvalue weighted by atomic mass is 19.1.